The Balaban J connectivity index is 1.99. The lowest BCUT2D eigenvalue weighted by Crippen LogP contribution is -2.25. The quantitative estimate of drug-likeness (QED) is 0.444. The van der Waals surface area contributed by atoms with E-state index in [9.17, 15) is 14.8 Å². The van der Waals surface area contributed by atoms with Crippen LogP contribution in [0.5, 0.6) is 0 Å². The highest BCUT2D eigenvalue weighted by atomic mass is 32.2. The molecule has 0 aliphatic heterocycles. The largest absolute Gasteiger partial charge is 0.462 e. The zero-order chi connectivity index (χ0) is 19.4. The number of carbonyl (C=O) groups excluding carboxylic acids is 2. The van der Waals surface area contributed by atoms with Gasteiger partial charge in [0, 0.05) is 11.8 Å². The average Bonchev–Trinajstić information content (AvgIpc) is 3.00. The van der Waals surface area contributed by atoms with Crippen molar-refractivity contribution in [1.29, 1.82) is 0 Å². The van der Waals surface area contributed by atoms with Gasteiger partial charge in [0.1, 0.15) is 10.7 Å². The van der Waals surface area contributed by atoms with Crippen molar-refractivity contribution in [3.05, 3.63) is 46.3 Å². The maximum atomic E-state index is 12.5. The molecule has 1 aromatic carbocycles. The third-order valence-electron chi connectivity index (χ3n) is 4.10. The van der Waals surface area contributed by atoms with E-state index in [0.29, 0.717) is 29.1 Å². The molecule has 8 heteroatoms. The summed E-state index contributed by atoms with van der Waals surface area (Å²) < 4.78 is 5.17. The van der Waals surface area contributed by atoms with Gasteiger partial charge in [0.05, 0.1) is 22.3 Å². The van der Waals surface area contributed by atoms with E-state index in [0.717, 1.165) is 15.3 Å². The number of oxime groups is 1. The second kappa shape index (κ2) is 8.58. The molecule has 0 unspecified atom stereocenters. The van der Waals surface area contributed by atoms with Gasteiger partial charge in [0.2, 0.25) is 5.91 Å². The van der Waals surface area contributed by atoms with E-state index < -0.39 is 5.97 Å². The first-order valence-corrected chi connectivity index (χ1v) is 10.3. The molecular weight excluding hydrogens is 384 g/mol. The fourth-order valence-corrected chi connectivity index (χ4v) is 5.58. The lowest BCUT2D eigenvalue weighted by atomic mass is 9.93. The molecule has 0 bridgehead atoms. The molecule has 0 radical (unpaired) electrons. The van der Waals surface area contributed by atoms with E-state index in [1.807, 2.05) is 30.3 Å². The predicted octanol–water partition coefficient (Wildman–Crippen LogP) is 4.17. The van der Waals surface area contributed by atoms with Crippen LogP contribution in [0.3, 0.4) is 0 Å². The Morgan fingerprint density at radius 1 is 1.37 bits per heavy atom. The third kappa shape index (κ3) is 4.17. The number of anilines is 1. The highest BCUT2D eigenvalue weighted by molar-refractivity contribution is 8.00. The summed E-state index contributed by atoms with van der Waals surface area (Å²) in [4.78, 5) is 25.9. The summed E-state index contributed by atoms with van der Waals surface area (Å²) in [6.45, 7) is 3.38. The number of ether oxygens (including phenoxy) is 1. The molecule has 0 fully saturated rings. The van der Waals surface area contributed by atoms with Gasteiger partial charge in [-0.1, -0.05) is 23.4 Å². The van der Waals surface area contributed by atoms with Crippen molar-refractivity contribution in [3.8, 4) is 0 Å². The second-order valence-corrected chi connectivity index (χ2v) is 8.26. The Hall–Kier alpha value is -2.32. The number of esters is 1. The Morgan fingerprint density at radius 3 is 2.74 bits per heavy atom. The molecule has 0 spiro atoms. The number of carbonyl (C=O) groups is 2. The van der Waals surface area contributed by atoms with E-state index in [1.165, 1.54) is 18.3 Å². The molecule has 1 heterocycles. The average molecular weight is 405 g/mol. The summed E-state index contributed by atoms with van der Waals surface area (Å²) in [6, 6.07) is 9.90. The predicted molar refractivity (Wildman–Crippen MR) is 107 cm³/mol. The van der Waals surface area contributed by atoms with Crippen LogP contribution >= 0.6 is 23.1 Å². The summed E-state index contributed by atoms with van der Waals surface area (Å²) >= 11 is 2.88. The third-order valence-corrected chi connectivity index (χ3v) is 6.56. The van der Waals surface area contributed by atoms with Crippen LogP contribution in [0.2, 0.25) is 0 Å². The minimum atomic E-state index is -0.467. The SMILES string of the molecule is CCOC(=O)c1c(NC(C)=O)sc2c1CC[C@H](Sc1ccccc1)C2=NO. The Bertz CT molecular complexity index is 877. The zero-order valence-corrected chi connectivity index (χ0v) is 16.7. The van der Waals surface area contributed by atoms with Gasteiger partial charge in [-0.05, 0) is 37.5 Å². The number of fused-ring (bicyclic) bond motifs is 1. The molecule has 2 N–H and O–H groups in total. The molecule has 1 atom stereocenters. The first-order valence-electron chi connectivity index (χ1n) is 8.59. The molecule has 142 valence electrons. The summed E-state index contributed by atoms with van der Waals surface area (Å²) in [5, 5.41) is 16.4. The smallest absolute Gasteiger partial charge is 0.341 e. The molecule has 1 aromatic heterocycles. The molecule has 27 heavy (non-hydrogen) atoms. The molecule has 0 saturated heterocycles. The van der Waals surface area contributed by atoms with Crippen molar-refractivity contribution in [2.45, 2.75) is 36.8 Å². The standard InChI is InChI=1S/C19H20N2O4S2/c1-3-25-19(23)15-13-9-10-14(26-12-7-5-4-6-8-12)16(21-24)17(13)27-18(15)20-11(2)22/h4-8,14,24H,3,9-10H2,1-2H3,(H,20,22)/t14-/m0/s1. The van der Waals surface area contributed by atoms with Crippen LogP contribution in [0.1, 0.15) is 41.1 Å². The van der Waals surface area contributed by atoms with E-state index in [1.54, 1.807) is 18.7 Å². The van der Waals surface area contributed by atoms with E-state index >= 15 is 0 Å². The van der Waals surface area contributed by atoms with Crippen molar-refractivity contribution in [3.63, 3.8) is 0 Å². The maximum absolute atomic E-state index is 12.5. The molecule has 1 amide bonds. The lowest BCUT2D eigenvalue weighted by Gasteiger charge is -2.23. The van der Waals surface area contributed by atoms with Crippen molar-refractivity contribution in [2.24, 2.45) is 5.16 Å². The number of thioether (sulfide) groups is 1. The Morgan fingerprint density at radius 2 is 2.11 bits per heavy atom. The van der Waals surface area contributed by atoms with Gasteiger partial charge in [0.25, 0.3) is 0 Å². The van der Waals surface area contributed by atoms with Gasteiger partial charge in [-0.2, -0.15) is 0 Å². The van der Waals surface area contributed by atoms with Crippen LogP contribution in [0.4, 0.5) is 5.00 Å². The minimum Gasteiger partial charge on any atom is -0.462 e. The number of amides is 1. The number of hydrogen-bond donors (Lipinski definition) is 2. The Labute approximate surface area is 165 Å². The maximum Gasteiger partial charge on any atom is 0.341 e. The van der Waals surface area contributed by atoms with Crippen LogP contribution in [-0.2, 0) is 16.0 Å². The monoisotopic (exact) mass is 404 g/mol. The van der Waals surface area contributed by atoms with Gasteiger partial charge in [-0.3, -0.25) is 4.79 Å². The van der Waals surface area contributed by atoms with Crippen LogP contribution in [0.15, 0.2) is 40.4 Å². The highest BCUT2D eigenvalue weighted by Gasteiger charge is 2.35. The summed E-state index contributed by atoms with van der Waals surface area (Å²) in [7, 11) is 0. The Kier molecular flexibility index (Phi) is 6.18. The van der Waals surface area contributed by atoms with E-state index in [4.69, 9.17) is 4.74 Å². The van der Waals surface area contributed by atoms with Crippen LogP contribution < -0.4 is 5.32 Å². The number of rotatable bonds is 5. The first-order chi connectivity index (χ1) is 13.0. The number of nitrogens with one attached hydrogen (secondary N) is 1. The fraction of sp³-hybridized carbons (Fsp3) is 0.316. The molecular formula is C19H20N2O4S2. The van der Waals surface area contributed by atoms with Crippen LogP contribution in [0.25, 0.3) is 0 Å². The molecule has 3 rings (SSSR count). The normalized spacial score (nSPS) is 17.4. The van der Waals surface area contributed by atoms with Gasteiger partial charge < -0.3 is 15.3 Å². The number of nitrogens with zero attached hydrogens (tertiary/aromatic N) is 1. The van der Waals surface area contributed by atoms with Crippen molar-refractivity contribution in [1.82, 2.24) is 0 Å². The molecule has 1 aliphatic rings. The van der Waals surface area contributed by atoms with Gasteiger partial charge >= 0.3 is 5.97 Å². The van der Waals surface area contributed by atoms with E-state index in [-0.39, 0.29) is 17.8 Å². The topological polar surface area (TPSA) is 88.0 Å². The molecule has 0 saturated carbocycles. The van der Waals surface area contributed by atoms with Crippen LogP contribution in [-0.4, -0.2) is 34.7 Å². The van der Waals surface area contributed by atoms with Crippen molar-refractivity contribution in [2.75, 3.05) is 11.9 Å². The lowest BCUT2D eigenvalue weighted by molar-refractivity contribution is -0.114. The number of benzene rings is 1. The zero-order valence-electron chi connectivity index (χ0n) is 15.0. The summed E-state index contributed by atoms with van der Waals surface area (Å²) in [5.74, 6) is -0.734. The second-order valence-electron chi connectivity index (χ2n) is 5.96. The van der Waals surface area contributed by atoms with Crippen molar-refractivity contribution < 1.29 is 19.5 Å². The van der Waals surface area contributed by atoms with E-state index in [2.05, 4.69) is 10.5 Å². The van der Waals surface area contributed by atoms with Crippen molar-refractivity contribution >= 4 is 45.7 Å². The summed E-state index contributed by atoms with van der Waals surface area (Å²) in [5.41, 5.74) is 1.67. The highest BCUT2D eigenvalue weighted by Crippen LogP contribution is 2.42. The van der Waals surface area contributed by atoms with Gasteiger partial charge in [-0.25, -0.2) is 4.79 Å². The number of thiophene rings is 1. The van der Waals surface area contributed by atoms with Crippen LogP contribution in [0, 0.1) is 0 Å². The molecule has 1 aliphatic carbocycles. The fourth-order valence-electron chi connectivity index (χ4n) is 3.02. The first kappa shape index (κ1) is 19.4. The molecule has 6 nitrogen and oxygen atoms in total. The van der Waals surface area contributed by atoms with Gasteiger partial charge in [-0.15, -0.1) is 23.1 Å². The number of hydrogen-bond acceptors (Lipinski definition) is 7. The summed E-state index contributed by atoms with van der Waals surface area (Å²) in [6.07, 6.45) is 1.36. The molecule has 2 aromatic rings. The minimum absolute atomic E-state index is 0.0382. The van der Waals surface area contributed by atoms with Gasteiger partial charge in [0.15, 0.2) is 0 Å².